The summed E-state index contributed by atoms with van der Waals surface area (Å²) >= 11 is 3.16. The van der Waals surface area contributed by atoms with Crippen molar-refractivity contribution in [1.29, 1.82) is 0 Å². The summed E-state index contributed by atoms with van der Waals surface area (Å²) in [5, 5.41) is 7.49. The van der Waals surface area contributed by atoms with E-state index in [1.165, 1.54) is 31.7 Å². The lowest BCUT2D eigenvalue weighted by Crippen LogP contribution is -2.08. The van der Waals surface area contributed by atoms with E-state index >= 15 is 0 Å². The Morgan fingerprint density at radius 3 is 2.76 bits per heavy atom. The molecule has 0 unspecified atom stereocenters. The van der Waals surface area contributed by atoms with Gasteiger partial charge in [-0.1, -0.05) is 12.8 Å². The van der Waals surface area contributed by atoms with Crippen LogP contribution in [0.5, 0.6) is 0 Å². The van der Waals surface area contributed by atoms with E-state index in [-0.39, 0.29) is 5.69 Å². The largest absolute Gasteiger partial charge is 0.376 e. The predicted molar refractivity (Wildman–Crippen MR) is 81.1 cm³/mol. The van der Waals surface area contributed by atoms with Crippen LogP contribution in [-0.4, -0.2) is 9.78 Å². The SMILES string of the molecule is Fc1cc(F)c(NCc2ccn(C3CCCC3)n2)c(Br)c1. The molecule has 1 fully saturated rings. The fourth-order valence-corrected chi connectivity index (χ4v) is 3.28. The molecule has 0 amide bonds. The van der Waals surface area contributed by atoms with Crippen molar-refractivity contribution in [2.75, 3.05) is 5.32 Å². The molecule has 1 aromatic carbocycles. The second kappa shape index (κ2) is 6.13. The van der Waals surface area contributed by atoms with Crippen molar-refractivity contribution in [2.24, 2.45) is 0 Å². The molecular formula is C15H16BrF2N3. The van der Waals surface area contributed by atoms with Crippen LogP contribution in [0.4, 0.5) is 14.5 Å². The average Bonchev–Trinajstić information content (AvgIpc) is 3.08. The van der Waals surface area contributed by atoms with Crippen LogP contribution in [0.2, 0.25) is 0 Å². The van der Waals surface area contributed by atoms with Crippen LogP contribution in [0.1, 0.15) is 37.4 Å². The second-order valence-electron chi connectivity index (χ2n) is 5.32. The Morgan fingerprint density at radius 2 is 2.05 bits per heavy atom. The minimum absolute atomic E-state index is 0.256. The summed E-state index contributed by atoms with van der Waals surface area (Å²) in [6.07, 6.45) is 6.83. The Morgan fingerprint density at radius 1 is 1.29 bits per heavy atom. The molecule has 1 aromatic heterocycles. The molecule has 3 nitrogen and oxygen atoms in total. The van der Waals surface area contributed by atoms with Gasteiger partial charge in [0.25, 0.3) is 0 Å². The van der Waals surface area contributed by atoms with Gasteiger partial charge in [0.15, 0.2) is 0 Å². The molecule has 1 aliphatic rings. The molecule has 21 heavy (non-hydrogen) atoms. The highest BCUT2D eigenvalue weighted by Gasteiger charge is 2.17. The molecule has 1 saturated carbocycles. The summed E-state index contributed by atoms with van der Waals surface area (Å²) < 4.78 is 29.1. The summed E-state index contributed by atoms with van der Waals surface area (Å²) in [5.41, 5.74) is 1.10. The number of nitrogens with one attached hydrogen (secondary N) is 1. The predicted octanol–water partition coefficient (Wildman–Crippen LogP) is 4.65. The minimum Gasteiger partial charge on any atom is -0.376 e. The summed E-state index contributed by atoms with van der Waals surface area (Å²) in [5.74, 6) is -1.22. The van der Waals surface area contributed by atoms with Crippen molar-refractivity contribution < 1.29 is 8.78 Å². The first kappa shape index (κ1) is 14.5. The van der Waals surface area contributed by atoms with Crippen LogP contribution >= 0.6 is 15.9 Å². The standard InChI is InChI=1S/C15H16BrF2N3/c16-13-7-10(17)8-14(18)15(13)19-9-11-5-6-21(20-11)12-3-1-2-4-12/h5-8,12,19H,1-4,9H2. The third-order valence-electron chi connectivity index (χ3n) is 3.82. The lowest BCUT2D eigenvalue weighted by Gasteiger charge is -2.10. The summed E-state index contributed by atoms with van der Waals surface area (Å²) in [7, 11) is 0. The van der Waals surface area contributed by atoms with Gasteiger partial charge in [-0.05, 0) is 40.9 Å². The number of hydrogen-bond donors (Lipinski definition) is 1. The first-order valence-corrected chi connectivity index (χ1v) is 7.85. The van der Waals surface area contributed by atoms with Gasteiger partial charge in [0.05, 0.1) is 24.0 Å². The molecule has 6 heteroatoms. The molecule has 0 saturated heterocycles. The van der Waals surface area contributed by atoms with E-state index in [9.17, 15) is 8.78 Å². The molecule has 1 aliphatic carbocycles. The Bertz CT molecular complexity index is 613. The third kappa shape index (κ3) is 3.26. The number of aromatic nitrogens is 2. The molecule has 0 atom stereocenters. The molecule has 3 rings (SSSR count). The maximum atomic E-state index is 13.7. The summed E-state index contributed by atoms with van der Waals surface area (Å²) in [4.78, 5) is 0. The molecule has 0 radical (unpaired) electrons. The Labute approximate surface area is 130 Å². The van der Waals surface area contributed by atoms with E-state index in [0.717, 1.165) is 11.8 Å². The fraction of sp³-hybridized carbons (Fsp3) is 0.400. The van der Waals surface area contributed by atoms with Crippen molar-refractivity contribution in [1.82, 2.24) is 9.78 Å². The van der Waals surface area contributed by atoms with E-state index in [2.05, 4.69) is 26.3 Å². The summed E-state index contributed by atoms with van der Waals surface area (Å²) in [6, 6.07) is 4.53. The van der Waals surface area contributed by atoms with Crippen molar-refractivity contribution in [3.05, 3.63) is 46.2 Å². The lowest BCUT2D eigenvalue weighted by atomic mass is 10.3. The minimum atomic E-state index is -0.614. The second-order valence-corrected chi connectivity index (χ2v) is 6.18. The highest BCUT2D eigenvalue weighted by Crippen LogP contribution is 2.29. The first-order valence-electron chi connectivity index (χ1n) is 7.06. The number of anilines is 1. The Hall–Kier alpha value is -1.43. The van der Waals surface area contributed by atoms with Crippen LogP contribution in [-0.2, 0) is 6.54 Å². The molecule has 0 bridgehead atoms. The fourth-order valence-electron chi connectivity index (χ4n) is 2.73. The van der Waals surface area contributed by atoms with Gasteiger partial charge in [-0.3, -0.25) is 4.68 Å². The number of nitrogens with zero attached hydrogens (tertiary/aromatic N) is 2. The zero-order valence-electron chi connectivity index (χ0n) is 11.5. The maximum Gasteiger partial charge on any atom is 0.150 e. The van der Waals surface area contributed by atoms with Gasteiger partial charge >= 0.3 is 0 Å². The van der Waals surface area contributed by atoms with Crippen LogP contribution in [0.25, 0.3) is 0 Å². The van der Waals surface area contributed by atoms with Crippen LogP contribution < -0.4 is 5.32 Å². The maximum absolute atomic E-state index is 13.7. The number of hydrogen-bond acceptors (Lipinski definition) is 2. The molecule has 2 aromatic rings. The van der Waals surface area contributed by atoms with Crippen molar-refractivity contribution >= 4 is 21.6 Å². The molecule has 112 valence electrons. The van der Waals surface area contributed by atoms with Gasteiger partial charge in [0, 0.05) is 16.7 Å². The van der Waals surface area contributed by atoms with Crippen LogP contribution in [0.15, 0.2) is 28.9 Å². The van der Waals surface area contributed by atoms with Gasteiger partial charge < -0.3 is 5.32 Å². The average molecular weight is 356 g/mol. The summed E-state index contributed by atoms with van der Waals surface area (Å²) in [6.45, 7) is 0.404. The first-order chi connectivity index (χ1) is 10.1. The molecule has 0 aliphatic heterocycles. The van der Waals surface area contributed by atoms with E-state index in [0.29, 0.717) is 17.1 Å². The molecule has 1 N–H and O–H groups in total. The van der Waals surface area contributed by atoms with Gasteiger partial charge in [-0.2, -0.15) is 5.10 Å². The normalized spacial score (nSPS) is 15.6. The van der Waals surface area contributed by atoms with Crippen molar-refractivity contribution in [2.45, 2.75) is 38.3 Å². The quantitative estimate of drug-likeness (QED) is 0.864. The highest BCUT2D eigenvalue weighted by molar-refractivity contribution is 9.10. The van der Waals surface area contributed by atoms with E-state index in [4.69, 9.17) is 0 Å². The van der Waals surface area contributed by atoms with E-state index in [1.54, 1.807) is 0 Å². The molecule has 1 heterocycles. The topological polar surface area (TPSA) is 29.9 Å². The van der Waals surface area contributed by atoms with Crippen molar-refractivity contribution in [3.8, 4) is 0 Å². The van der Waals surface area contributed by atoms with E-state index < -0.39 is 11.6 Å². The number of benzene rings is 1. The van der Waals surface area contributed by atoms with E-state index in [1.807, 2.05) is 16.9 Å². The highest BCUT2D eigenvalue weighted by atomic mass is 79.9. The number of rotatable bonds is 4. The Kier molecular flexibility index (Phi) is 4.24. The van der Waals surface area contributed by atoms with Gasteiger partial charge in [0.2, 0.25) is 0 Å². The van der Waals surface area contributed by atoms with Gasteiger partial charge in [-0.25, -0.2) is 8.78 Å². The zero-order valence-corrected chi connectivity index (χ0v) is 13.0. The third-order valence-corrected chi connectivity index (χ3v) is 4.44. The number of halogens is 3. The molecule has 0 spiro atoms. The van der Waals surface area contributed by atoms with Crippen LogP contribution in [0, 0.1) is 11.6 Å². The van der Waals surface area contributed by atoms with Crippen molar-refractivity contribution in [3.63, 3.8) is 0 Å². The zero-order chi connectivity index (χ0) is 14.8. The van der Waals surface area contributed by atoms with Crippen LogP contribution in [0.3, 0.4) is 0 Å². The molecular weight excluding hydrogens is 340 g/mol. The van der Waals surface area contributed by atoms with Gasteiger partial charge in [0.1, 0.15) is 11.6 Å². The van der Waals surface area contributed by atoms with Gasteiger partial charge in [-0.15, -0.1) is 0 Å². The lowest BCUT2D eigenvalue weighted by molar-refractivity contribution is 0.463. The monoisotopic (exact) mass is 355 g/mol. The Balaban J connectivity index is 1.68. The smallest absolute Gasteiger partial charge is 0.150 e.